The molecule has 0 aliphatic carbocycles. The smallest absolute Gasteiger partial charge is 0.259 e. The summed E-state index contributed by atoms with van der Waals surface area (Å²) in [5.41, 5.74) is 0.245. The first-order chi connectivity index (χ1) is 11.8. The lowest BCUT2D eigenvalue weighted by atomic mass is 10.2. The van der Waals surface area contributed by atoms with Crippen LogP contribution in [-0.2, 0) is 0 Å². The van der Waals surface area contributed by atoms with Crippen molar-refractivity contribution in [1.82, 2.24) is 5.32 Å². The van der Waals surface area contributed by atoms with E-state index >= 15 is 0 Å². The molecular formula is C17H14Cl3FN2O2. The van der Waals surface area contributed by atoms with Gasteiger partial charge in [-0.2, -0.15) is 0 Å². The molecule has 2 aromatic rings. The molecule has 0 bridgehead atoms. The highest BCUT2D eigenvalue weighted by molar-refractivity contribution is 6.77. The van der Waals surface area contributed by atoms with E-state index in [0.717, 1.165) is 6.07 Å². The van der Waals surface area contributed by atoms with E-state index < -0.39 is 15.5 Å². The number of ether oxygens (including phenoxy) is 1. The van der Waals surface area contributed by atoms with Gasteiger partial charge in [-0.05, 0) is 43.3 Å². The van der Waals surface area contributed by atoms with E-state index in [9.17, 15) is 9.18 Å². The zero-order valence-electron chi connectivity index (χ0n) is 13.1. The third-order valence-electron chi connectivity index (χ3n) is 3.01. The van der Waals surface area contributed by atoms with Gasteiger partial charge in [0.1, 0.15) is 11.6 Å². The van der Waals surface area contributed by atoms with Crippen LogP contribution >= 0.6 is 34.8 Å². The molecule has 0 fully saturated rings. The summed E-state index contributed by atoms with van der Waals surface area (Å²) >= 11 is 17.6. The fourth-order valence-corrected chi connectivity index (χ4v) is 2.16. The van der Waals surface area contributed by atoms with Gasteiger partial charge in [0.15, 0.2) is 5.84 Å². The Morgan fingerprint density at radius 1 is 1.16 bits per heavy atom. The second-order valence-electron chi connectivity index (χ2n) is 4.82. The highest BCUT2D eigenvalue weighted by Gasteiger charge is 2.30. The zero-order chi connectivity index (χ0) is 18.4. The van der Waals surface area contributed by atoms with Crippen molar-refractivity contribution in [3.05, 3.63) is 59.9 Å². The molecule has 0 aliphatic rings. The molecule has 0 saturated carbocycles. The maximum Gasteiger partial charge on any atom is 0.259 e. The lowest BCUT2D eigenvalue weighted by Gasteiger charge is -2.16. The number of nitrogens with one attached hydrogen (secondary N) is 1. The number of aliphatic imine (C=N–C) groups is 1. The topological polar surface area (TPSA) is 50.7 Å². The van der Waals surface area contributed by atoms with Gasteiger partial charge in [0.25, 0.3) is 5.91 Å². The number of rotatable bonds is 4. The number of amides is 1. The Bertz CT molecular complexity index is 774. The van der Waals surface area contributed by atoms with Crippen LogP contribution in [0.15, 0.2) is 53.5 Å². The molecule has 132 valence electrons. The Balaban J connectivity index is 2.27. The van der Waals surface area contributed by atoms with Crippen molar-refractivity contribution in [3.63, 3.8) is 0 Å². The maximum absolute atomic E-state index is 13.7. The van der Waals surface area contributed by atoms with Crippen molar-refractivity contribution in [3.8, 4) is 5.75 Å². The van der Waals surface area contributed by atoms with Crippen molar-refractivity contribution in [1.29, 1.82) is 0 Å². The lowest BCUT2D eigenvalue weighted by Crippen LogP contribution is -2.39. The van der Waals surface area contributed by atoms with Gasteiger partial charge in [0, 0.05) is 0 Å². The minimum Gasteiger partial charge on any atom is -0.494 e. The molecule has 0 saturated heterocycles. The number of halogens is 4. The van der Waals surface area contributed by atoms with Crippen LogP contribution in [0.2, 0.25) is 0 Å². The normalized spacial score (nSPS) is 12.0. The second-order valence-corrected chi connectivity index (χ2v) is 7.10. The molecule has 8 heteroatoms. The van der Waals surface area contributed by atoms with E-state index in [1.807, 2.05) is 6.92 Å². The maximum atomic E-state index is 13.7. The van der Waals surface area contributed by atoms with Crippen LogP contribution in [0, 0.1) is 5.82 Å². The van der Waals surface area contributed by atoms with Crippen LogP contribution in [0.25, 0.3) is 0 Å². The highest BCUT2D eigenvalue weighted by Crippen LogP contribution is 2.29. The molecule has 0 spiro atoms. The number of carbonyl (C=O) groups is 1. The minimum absolute atomic E-state index is 0.184. The summed E-state index contributed by atoms with van der Waals surface area (Å²) in [4.78, 5) is 16.4. The molecule has 0 aliphatic heterocycles. The van der Waals surface area contributed by atoms with Crippen LogP contribution in [0.3, 0.4) is 0 Å². The van der Waals surface area contributed by atoms with Gasteiger partial charge in [-0.15, -0.1) is 0 Å². The Morgan fingerprint density at radius 3 is 2.36 bits per heavy atom. The van der Waals surface area contributed by atoms with Crippen molar-refractivity contribution >= 4 is 52.2 Å². The zero-order valence-corrected chi connectivity index (χ0v) is 15.4. The number of hydrogen-bond donors (Lipinski definition) is 1. The summed E-state index contributed by atoms with van der Waals surface area (Å²) < 4.78 is 17.0. The molecule has 0 radical (unpaired) electrons. The van der Waals surface area contributed by atoms with Crippen LogP contribution in [-0.4, -0.2) is 22.1 Å². The van der Waals surface area contributed by atoms with Crippen LogP contribution in [0.4, 0.5) is 10.1 Å². The highest BCUT2D eigenvalue weighted by atomic mass is 35.6. The number of benzene rings is 2. The third-order valence-corrected chi connectivity index (χ3v) is 3.54. The Kier molecular flexibility index (Phi) is 6.64. The molecule has 0 heterocycles. The summed E-state index contributed by atoms with van der Waals surface area (Å²) in [5.74, 6) is -1.04. The monoisotopic (exact) mass is 402 g/mol. The summed E-state index contributed by atoms with van der Waals surface area (Å²) in [7, 11) is 0. The van der Waals surface area contributed by atoms with E-state index in [1.54, 1.807) is 24.3 Å². The molecule has 25 heavy (non-hydrogen) atoms. The average Bonchev–Trinajstić information content (AvgIpc) is 2.55. The van der Waals surface area contributed by atoms with E-state index in [1.165, 1.54) is 18.2 Å². The Morgan fingerprint density at radius 2 is 1.80 bits per heavy atom. The molecule has 0 atom stereocenters. The van der Waals surface area contributed by atoms with Crippen molar-refractivity contribution in [2.75, 3.05) is 6.61 Å². The van der Waals surface area contributed by atoms with E-state index in [4.69, 9.17) is 39.5 Å². The predicted molar refractivity (Wildman–Crippen MR) is 98.9 cm³/mol. The van der Waals surface area contributed by atoms with E-state index in [0.29, 0.717) is 18.0 Å². The number of carbonyl (C=O) groups excluding carboxylic acids is 1. The van der Waals surface area contributed by atoms with Gasteiger partial charge in [0.05, 0.1) is 17.9 Å². The molecule has 2 rings (SSSR count). The SMILES string of the molecule is CCOc1ccc(N=C(NC(=O)c2ccccc2F)C(Cl)(Cl)Cl)cc1. The number of nitrogens with zero attached hydrogens (tertiary/aromatic N) is 1. The average molecular weight is 404 g/mol. The molecule has 2 aromatic carbocycles. The van der Waals surface area contributed by atoms with Crippen LogP contribution < -0.4 is 10.1 Å². The molecule has 0 unspecified atom stereocenters. The van der Waals surface area contributed by atoms with Crippen LogP contribution in [0.1, 0.15) is 17.3 Å². The van der Waals surface area contributed by atoms with Gasteiger partial charge in [0.2, 0.25) is 3.79 Å². The first-order valence-corrected chi connectivity index (χ1v) is 8.39. The number of hydrogen-bond acceptors (Lipinski definition) is 3. The third kappa shape index (κ3) is 5.59. The van der Waals surface area contributed by atoms with Crippen molar-refractivity contribution in [2.24, 2.45) is 4.99 Å². The summed E-state index contributed by atoms with van der Waals surface area (Å²) in [5, 5.41) is 2.35. The number of amidine groups is 1. The van der Waals surface area contributed by atoms with Crippen LogP contribution in [0.5, 0.6) is 5.75 Å². The molecule has 4 nitrogen and oxygen atoms in total. The fraction of sp³-hybridized carbons (Fsp3) is 0.176. The minimum atomic E-state index is -2.00. The fourth-order valence-electron chi connectivity index (χ4n) is 1.90. The standard InChI is InChI=1S/C17H14Cl3FN2O2/c1-2-25-12-9-7-11(8-10-12)22-16(17(18,19)20)23-15(24)13-5-3-4-6-14(13)21/h3-10H,2H2,1H3,(H,22,23,24). The van der Waals surface area contributed by atoms with Gasteiger partial charge in [-0.3, -0.25) is 4.79 Å². The Hall–Kier alpha value is -1.82. The van der Waals surface area contributed by atoms with E-state index in [2.05, 4.69) is 10.3 Å². The molecular weight excluding hydrogens is 390 g/mol. The van der Waals surface area contributed by atoms with E-state index in [-0.39, 0.29) is 11.4 Å². The largest absolute Gasteiger partial charge is 0.494 e. The summed E-state index contributed by atoms with van der Waals surface area (Å²) in [6.07, 6.45) is 0. The lowest BCUT2D eigenvalue weighted by molar-refractivity contribution is 0.0972. The van der Waals surface area contributed by atoms with Gasteiger partial charge in [-0.25, -0.2) is 9.38 Å². The first kappa shape index (κ1) is 19.5. The second kappa shape index (κ2) is 8.52. The van der Waals surface area contributed by atoms with Gasteiger partial charge >= 0.3 is 0 Å². The van der Waals surface area contributed by atoms with Gasteiger partial charge in [-0.1, -0.05) is 46.9 Å². The predicted octanol–water partition coefficient (Wildman–Crippen LogP) is 5.05. The summed E-state index contributed by atoms with van der Waals surface area (Å²) in [6, 6.07) is 12.1. The first-order valence-electron chi connectivity index (χ1n) is 7.26. The summed E-state index contributed by atoms with van der Waals surface area (Å²) in [6.45, 7) is 2.39. The molecule has 1 N–H and O–H groups in total. The molecule has 1 amide bonds. The number of alkyl halides is 3. The Labute approximate surface area is 159 Å². The molecule has 0 aromatic heterocycles. The van der Waals surface area contributed by atoms with Gasteiger partial charge < -0.3 is 10.1 Å². The van der Waals surface area contributed by atoms with Crippen molar-refractivity contribution in [2.45, 2.75) is 10.7 Å². The quantitative estimate of drug-likeness (QED) is 0.441. The van der Waals surface area contributed by atoms with Crippen molar-refractivity contribution < 1.29 is 13.9 Å².